The topological polar surface area (TPSA) is 106 Å². The Kier molecular flexibility index (Phi) is 10.6. The van der Waals surface area contributed by atoms with Crippen LogP contribution in [0.25, 0.3) is 0 Å². The van der Waals surface area contributed by atoms with Crippen molar-refractivity contribution >= 4 is 35.1 Å². The molecule has 0 radical (unpaired) electrons. The zero-order valence-electron chi connectivity index (χ0n) is 24.1. The molecule has 1 aromatic heterocycles. The molecule has 226 valence electrons. The van der Waals surface area contributed by atoms with Gasteiger partial charge in [-0.05, 0) is 48.2 Å². The molecule has 11 heteroatoms. The molecule has 2 aromatic carbocycles. The van der Waals surface area contributed by atoms with Crippen LogP contribution in [-0.4, -0.2) is 69.6 Å². The summed E-state index contributed by atoms with van der Waals surface area (Å²) in [5.74, 6) is -0.177. The lowest BCUT2D eigenvalue weighted by Crippen LogP contribution is -2.63. The Bertz CT molecular complexity index is 1450. The standard InChI is InChI=1S/C32H37Cl2N7O2/c33-26-11-10-25(29(34)16-26)20-39-14-15-41(32(43)38-27-4-2-1-3-5-27)30(21-39)31(42)37-13-12-28-18-36-22-40(28)19-24-8-6-23(17-35)7-9-24/h6-11,16,18,22,27,30H,1-5,12-15,19-21H2,(H,37,42)(H,38,43)/t30-/m1/s1. The zero-order valence-corrected chi connectivity index (χ0v) is 25.7. The van der Waals surface area contributed by atoms with Crippen molar-refractivity contribution in [2.75, 3.05) is 26.2 Å². The maximum absolute atomic E-state index is 13.6. The minimum atomic E-state index is -0.632. The predicted octanol–water partition coefficient (Wildman–Crippen LogP) is 5.00. The lowest BCUT2D eigenvalue weighted by molar-refractivity contribution is -0.127. The second kappa shape index (κ2) is 14.7. The van der Waals surface area contributed by atoms with Crippen molar-refractivity contribution in [3.8, 4) is 6.07 Å². The van der Waals surface area contributed by atoms with Gasteiger partial charge in [0, 0.05) is 73.7 Å². The zero-order chi connectivity index (χ0) is 30.2. The molecule has 1 saturated carbocycles. The number of hydrogen-bond donors (Lipinski definition) is 2. The number of amides is 3. The van der Waals surface area contributed by atoms with Gasteiger partial charge < -0.3 is 20.1 Å². The molecular formula is C32H37Cl2N7O2. The molecular weight excluding hydrogens is 585 g/mol. The van der Waals surface area contributed by atoms with Crippen LogP contribution in [0.5, 0.6) is 0 Å². The summed E-state index contributed by atoms with van der Waals surface area (Å²) >= 11 is 12.5. The van der Waals surface area contributed by atoms with E-state index in [0.717, 1.165) is 42.5 Å². The number of imidazole rings is 1. The number of nitrogens with one attached hydrogen (secondary N) is 2. The maximum atomic E-state index is 13.6. The van der Waals surface area contributed by atoms with E-state index in [4.69, 9.17) is 28.5 Å². The molecule has 2 aliphatic rings. The summed E-state index contributed by atoms with van der Waals surface area (Å²) in [4.78, 5) is 35.2. The van der Waals surface area contributed by atoms with Crippen molar-refractivity contribution in [1.82, 2.24) is 30.0 Å². The van der Waals surface area contributed by atoms with Crippen molar-refractivity contribution in [1.29, 1.82) is 5.26 Å². The number of nitrogens with zero attached hydrogens (tertiary/aromatic N) is 5. The largest absolute Gasteiger partial charge is 0.354 e. The van der Waals surface area contributed by atoms with Crippen LogP contribution < -0.4 is 10.6 Å². The number of aromatic nitrogens is 2. The van der Waals surface area contributed by atoms with E-state index >= 15 is 0 Å². The lowest BCUT2D eigenvalue weighted by Gasteiger charge is -2.41. The summed E-state index contributed by atoms with van der Waals surface area (Å²) < 4.78 is 2.04. The van der Waals surface area contributed by atoms with Crippen LogP contribution in [0.1, 0.15) is 54.5 Å². The minimum Gasteiger partial charge on any atom is -0.354 e. The highest BCUT2D eigenvalue weighted by atomic mass is 35.5. The first kappa shape index (κ1) is 30.9. The van der Waals surface area contributed by atoms with Gasteiger partial charge in [0.05, 0.1) is 18.0 Å². The number of piperazine rings is 1. The molecule has 0 spiro atoms. The van der Waals surface area contributed by atoms with Gasteiger partial charge in [0.2, 0.25) is 5.91 Å². The highest BCUT2D eigenvalue weighted by Gasteiger charge is 2.36. The molecule has 9 nitrogen and oxygen atoms in total. The number of benzene rings is 2. The summed E-state index contributed by atoms with van der Waals surface area (Å²) in [6, 6.07) is 14.4. The van der Waals surface area contributed by atoms with E-state index in [-0.39, 0.29) is 18.0 Å². The average molecular weight is 623 g/mol. The third-order valence-electron chi connectivity index (χ3n) is 8.28. The van der Waals surface area contributed by atoms with Gasteiger partial charge in [0.15, 0.2) is 0 Å². The van der Waals surface area contributed by atoms with Crippen LogP contribution in [0, 0.1) is 11.3 Å². The fourth-order valence-corrected chi connectivity index (χ4v) is 6.33. The molecule has 1 aliphatic heterocycles. The Balaban J connectivity index is 1.22. The number of urea groups is 1. The molecule has 0 unspecified atom stereocenters. The average Bonchev–Trinajstić information content (AvgIpc) is 3.45. The summed E-state index contributed by atoms with van der Waals surface area (Å²) in [5.41, 5.74) is 3.60. The molecule has 1 aliphatic carbocycles. The van der Waals surface area contributed by atoms with Gasteiger partial charge in [-0.3, -0.25) is 9.69 Å². The van der Waals surface area contributed by atoms with E-state index in [1.807, 2.05) is 28.8 Å². The van der Waals surface area contributed by atoms with Crippen molar-refractivity contribution in [2.24, 2.45) is 0 Å². The molecule has 5 rings (SSSR count). The Morgan fingerprint density at radius 3 is 2.56 bits per heavy atom. The van der Waals surface area contributed by atoms with E-state index in [2.05, 4.69) is 26.6 Å². The summed E-state index contributed by atoms with van der Waals surface area (Å²) in [6.07, 6.45) is 9.56. The number of carbonyl (C=O) groups excluding carboxylic acids is 2. The second-order valence-electron chi connectivity index (χ2n) is 11.3. The SMILES string of the molecule is N#Cc1ccc(Cn2cncc2CCNC(=O)[C@H]2CN(Cc3ccc(Cl)cc3Cl)CCN2C(=O)NC2CCCCC2)cc1. The smallest absolute Gasteiger partial charge is 0.318 e. The lowest BCUT2D eigenvalue weighted by atomic mass is 9.95. The van der Waals surface area contributed by atoms with Gasteiger partial charge in [0.1, 0.15) is 6.04 Å². The highest BCUT2D eigenvalue weighted by molar-refractivity contribution is 6.35. The molecule has 43 heavy (non-hydrogen) atoms. The van der Waals surface area contributed by atoms with Crippen molar-refractivity contribution in [3.05, 3.63) is 87.4 Å². The Morgan fingerprint density at radius 1 is 1.02 bits per heavy atom. The number of nitriles is 1. The molecule has 1 saturated heterocycles. The van der Waals surface area contributed by atoms with Crippen LogP contribution in [-0.2, 0) is 24.3 Å². The quantitative estimate of drug-likeness (QED) is 0.350. The molecule has 3 amide bonds. The fourth-order valence-electron chi connectivity index (χ4n) is 5.86. The third kappa shape index (κ3) is 8.29. The van der Waals surface area contributed by atoms with E-state index in [0.29, 0.717) is 61.3 Å². The number of halogens is 2. The molecule has 2 heterocycles. The summed E-state index contributed by atoms with van der Waals surface area (Å²) in [6.45, 7) is 3.07. The monoisotopic (exact) mass is 621 g/mol. The van der Waals surface area contributed by atoms with Crippen LogP contribution in [0.2, 0.25) is 10.0 Å². The minimum absolute atomic E-state index is 0.159. The second-order valence-corrected chi connectivity index (χ2v) is 12.2. The molecule has 2 fully saturated rings. The first-order valence-corrected chi connectivity index (χ1v) is 15.6. The van der Waals surface area contributed by atoms with E-state index in [1.54, 1.807) is 35.6 Å². The normalized spacial score (nSPS) is 17.8. The van der Waals surface area contributed by atoms with E-state index in [9.17, 15) is 9.59 Å². The molecule has 0 bridgehead atoms. The van der Waals surface area contributed by atoms with Crippen molar-refractivity contribution < 1.29 is 9.59 Å². The summed E-state index contributed by atoms with van der Waals surface area (Å²) in [7, 11) is 0. The predicted molar refractivity (Wildman–Crippen MR) is 167 cm³/mol. The molecule has 1 atom stereocenters. The van der Waals surface area contributed by atoms with Crippen LogP contribution in [0.3, 0.4) is 0 Å². The van der Waals surface area contributed by atoms with E-state index < -0.39 is 6.04 Å². The van der Waals surface area contributed by atoms with Crippen LogP contribution in [0.4, 0.5) is 4.79 Å². The Labute approximate surface area is 262 Å². The summed E-state index contributed by atoms with van der Waals surface area (Å²) in [5, 5.41) is 16.5. The first-order valence-electron chi connectivity index (χ1n) is 14.9. The Morgan fingerprint density at radius 2 is 1.81 bits per heavy atom. The van der Waals surface area contributed by atoms with Gasteiger partial charge in [-0.15, -0.1) is 0 Å². The van der Waals surface area contributed by atoms with Crippen LogP contribution >= 0.6 is 23.2 Å². The molecule has 2 N–H and O–H groups in total. The van der Waals surface area contributed by atoms with Gasteiger partial charge in [-0.1, -0.05) is 60.7 Å². The first-order chi connectivity index (χ1) is 20.9. The third-order valence-corrected chi connectivity index (χ3v) is 8.87. The number of hydrogen-bond acceptors (Lipinski definition) is 5. The van der Waals surface area contributed by atoms with Gasteiger partial charge in [0.25, 0.3) is 0 Å². The van der Waals surface area contributed by atoms with Crippen LogP contribution in [0.15, 0.2) is 55.0 Å². The van der Waals surface area contributed by atoms with Crippen molar-refractivity contribution in [3.63, 3.8) is 0 Å². The number of carbonyl (C=O) groups is 2. The number of rotatable bonds is 9. The van der Waals surface area contributed by atoms with Crippen molar-refractivity contribution in [2.45, 2.75) is 63.7 Å². The highest BCUT2D eigenvalue weighted by Crippen LogP contribution is 2.24. The maximum Gasteiger partial charge on any atom is 0.318 e. The Hall–Kier alpha value is -3.58. The van der Waals surface area contributed by atoms with Gasteiger partial charge in [-0.2, -0.15) is 5.26 Å². The van der Waals surface area contributed by atoms with Gasteiger partial charge >= 0.3 is 6.03 Å². The molecule has 3 aromatic rings. The fraction of sp³-hybridized carbons (Fsp3) is 0.438. The van der Waals surface area contributed by atoms with E-state index in [1.165, 1.54) is 6.42 Å². The van der Waals surface area contributed by atoms with Gasteiger partial charge in [-0.25, -0.2) is 9.78 Å².